The minimum absolute atomic E-state index is 0.0905. The van der Waals surface area contributed by atoms with Gasteiger partial charge in [0.05, 0.1) is 41.0 Å². The Kier molecular flexibility index (Phi) is 5.83. The molecule has 156 valence electrons. The first kappa shape index (κ1) is 20.4. The van der Waals surface area contributed by atoms with Gasteiger partial charge in [0.25, 0.3) is 5.56 Å². The largest absolute Gasteiger partial charge is 0.394 e. The van der Waals surface area contributed by atoms with E-state index < -0.39 is 0 Å². The summed E-state index contributed by atoms with van der Waals surface area (Å²) in [7, 11) is 0. The number of H-pyrrole nitrogens is 2. The van der Waals surface area contributed by atoms with Gasteiger partial charge in [0.15, 0.2) is 0 Å². The van der Waals surface area contributed by atoms with Gasteiger partial charge < -0.3 is 20.4 Å². The Balaban J connectivity index is 1.75. The average molecular weight is 413 g/mol. The number of hydrogen-bond acceptors (Lipinski definition) is 5. The molecular formula is C24H23N5O2. The van der Waals surface area contributed by atoms with Crippen molar-refractivity contribution < 1.29 is 5.11 Å². The van der Waals surface area contributed by atoms with Gasteiger partial charge in [-0.15, -0.1) is 0 Å². The number of aryl methyl sites for hydroxylation is 1. The van der Waals surface area contributed by atoms with Crippen molar-refractivity contribution in [2.75, 3.05) is 11.9 Å². The summed E-state index contributed by atoms with van der Waals surface area (Å²) in [6, 6.07) is 17.1. The lowest BCUT2D eigenvalue weighted by molar-refractivity contribution is 0.274. The van der Waals surface area contributed by atoms with Gasteiger partial charge in [-0.3, -0.25) is 4.79 Å². The number of imidazole rings is 1. The van der Waals surface area contributed by atoms with Crippen LogP contribution in [0.4, 0.5) is 5.69 Å². The number of aliphatic hydroxyl groups is 1. The van der Waals surface area contributed by atoms with E-state index in [9.17, 15) is 15.2 Å². The topological polar surface area (TPSA) is 118 Å². The van der Waals surface area contributed by atoms with E-state index >= 15 is 0 Å². The highest BCUT2D eigenvalue weighted by Crippen LogP contribution is 2.27. The summed E-state index contributed by atoms with van der Waals surface area (Å²) in [6.45, 7) is 1.91. The number of aliphatic hydroxyl groups excluding tert-OH is 1. The van der Waals surface area contributed by atoms with Crippen molar-refractivity contribution in [2.24, 2.45) is 0 Å². The lowest BCUT2D eigenvalue weighted by Crippen LogP contribution is -2.28. The molecule has 4 N–H and O–H groups in total. The maximum atomic E-state index is 12.8. The van der Waals surface area contributed by atoms with E-state index in [0.29, 0.717) is 34.6 Å². The Bertz CT molecular complexity index is 1300. The highest BCUT2D eigenvalue weighted by Gasteiger charge is 2.18. The van der Waals surface area contributed by atoms with Gasteiger partial charge in [0, 0.05) is 6.20 Å². The quantitative estimate of drug-likeness (QED) is 0.371. The minimum atomic E-state index is -0.293. The number of nitrogens with zero attached hydrogens (tertiary/aromatic N) is 2. The van der Waals surface area contributed by atoms with Crippen LogP contribution in [0.25, 0.3) is 22.4 Å². The standard InChI is InChI=1S/C24H23N5O2/c1-2-17-10-16(13-25)12-20-22(17)29-23(28-20)21-19(8-9-26-24(21)31)27-18(14-30)11-15-6-4-3-5-7-15/h3-10,12,18,30H,2,11,14H2,1H3,(H,28,29)(H2,26,27,31). The molecule has 2 aromatic carbocycles. The van der Waals surface area contributed by atoms with E-state index in [1.54, 1.807) is 18.3 Å². The van der Waals surface area contributed by atoms with Crippen LogP contribution in [-0.2, 0) is 12.8 Å². The third kappa shape index (κ3) is 4.20. The van der Waals surface area contributed by atoms with Gasteiger partial charge in [-0.05, 0) is 42.2 Å². The monoisotopic (exact) mass is 413 g/mol. The second-order valence-electron chi connectivity index (χ2n) is 7.39. The molecule has 2 aromatic heterocycles. The number of anilines is 1. The SMILES string of the molecule is CCc1cc(C#N)cc2[nH]c(-c3c(NC(CO)Cc4ccccc4)cc[nH]c3=O)nc12. The molecule has 0 saturated heterocycles. The van der Waals surface area contributed by atoms with Crippen LogP contribution in [0.1, 0.15) is 23.6 Å². The van der Waals surface area contributed by atoms with Crippen LogP contribution in [0.3, 0.4) is 0 Å². The van der Waals surface area contributed by atoms with E-state index in [1.165, 1.54) is 0 Å². The molecule has 0 aliphatic rings. The molecule has 4 aromatic rings. The highest BCUT2D eigenvalue weighted by atomic mass is 16.3. The molecular weight excluding hydrogens is 390 g/mol. The van der Waals surface area contributed by atoms with Crippen molar-refractivity contribution >= 4 is 16.7 Å². The molecule has 31 heavy (non-hydrogen) atoms. The molecule has 0 amide bonds. The first-order chi connectivity index (χ1) is 15.1. The number of aromatic amines is 2. The Labute approximate surface area is 179 Å². The highest BCUT2D eigenvalue weighted by molar-refractivity contribution is 5.86. The van der Waals surface area contributed by atoms with Gasteiger partial charge >= 0.3 is 0 Å². The molecule has 1 atom stereocenters. The van der Waals surface area contributed by atoms with Gasteiger partial charge in [0.2, 0.25) is 0 Å². The van der Waals surface area contributed by atoms with Crippen LogP contribution in [0.5, 0.6) is 0 Å². The number of nitrogens with one attached hydrogen (secondary N) is 3. The molecule has 2 heterocycles. The van der Waals surface area contributed by atoms with E-state index in [1.807, 2.05) is 43.3 Å². The Morgan fingerprint density at radius 1 is 1.23 bits per heavy atom. The number of benzene rings is 2. The Hall–Kier alpha value is -3.89. The van der Waals surface area contributed by atoms with Gasteiger partial charge in [-0.1, -0.05) is 37.3 Å². The predicted octanol–water partition coefficient (Wildman–Crippen LogP) is 3.37. The van der Waals surface area contributed by atoms with Crippen LogP contribution in [0, 0.1) is 11.3 Å². The maximum absolute atomic E-state index is 12.8. The van der Waals surface area contributed by atoms with Crippen molar-refractivity contribution in [3.63, 3.8) is 0 Å². The molecule has 0 spiro atoms. The van der Waals surface area contributed by atoms with Crippen molar-refractivity contribution in [1.29, 1.82) is 5.26 Å². The number of fused-ring (bicyclic) bond motifs is 1. The zero-order chi connectivity index (χ0) is 21.8. The van der Waals surface area contributed by atoms with Gasteiger partial charge in [-0.25, -0.2) is 4.98 Å². The fourth-order valence-corrected chi connectivity index (χ4v) is 3.76. The van der Waals surface area contributed by atoms with Crippen molar-refractivity contribution in [3.8, 4) is 17.5 Å². The maximum Gasteiger partial charge on any atom is 0.261 e. The minimum Gasteiger partial charge on any atom is -0.394 e. The molecule has 0 radical (unpaired) electrons. The third-order valence-corrected chi connectivity index (χ3v) is 5.28. The number of aromatic nitrogens is 3. The number of rotatable bonds is 7. The van der Waals surface area contributed by atoms with E-state index in [2.05, 4.69) is 26.3 Å². The van der Waals surface area contributed by atoms with E-state index in [4.69, 9.17) is 0 Å². The zero-order valence-electron chi connectivity index (χ0n) is 17.1. The third-order valence-electron chi connectivity index (χ3n) is 5.28. The smallest absolute Gasteiger partial charge is 0.261 e. The van der Waals surface area contributed by atoms with Crippen molar-refractivity contribution in [1.82, 2.24) is 15.0 Å². The normalized spacial score (nSPS) is 11.9. The first-order valence-electron chi connectivity index (χ1n) is 10.2. The lowest BCUT2D eigenvalue weighted by Gasteiger charge is -2.19. The second kappa shape index (κ2) is 8.86. The van der Waals surface area contributed by atoms with Crippen LogP contribution >= 0.6 is 0 Å². The number of hydrogen-bond donors (Lipinski definition) is 4. The summed E-state index contributed by atoms with van der Waals surface area (Å²) >= 11 is 0. The van der Waals surface area contributed by atoms with Crippen LogP contribution in [0.2, 0.25) is 0 Å². The van der Waals surface area contributed by atoms with E-state index in [-0.39, 0.29) is 18.2 Å². The Morgan fingerprint density at radius 2 is 2.03 bits per heavy atom. The lowest BCUT2D eigenvalue weighted by atomic mass is 10.1. The van der Waals surface area contributed by atoms with Crippen LogP contribution < -0.4 is 10.9 Å². The molecule has 0 fully saturated rings. The zero-order valence-corrected chi connectivity index (χ0v) is 17.1. The number of pyridine rings is 1. The molecule has 7 nitrogen and oxygen atoms in total. The summed E-state index contributed by atoms with van der Waals surface area (Å²) in [5.74, 6) is 0.417. The average Bonchev–Trinajstić information content (AvgIpc) is 3.22. The molecule has 0 bridgehead atoms. The van der Waals surface area contributed by atoms with Gasteiger partial charge in [-0.2, -0.15) is 5.26 Å². The molecule has 0 saturated carbocycles. The summed E-state index contributed by atoms with van der Waals surface area (Å²) in [5, 5.41) is 22.5. The van der Waals surface area contributed by atoms with E-state index in [0.717, 1.165) is 23.1 Å². The fourth-order valence-electron chi connectivity index (χ4n) is 3.76. The molecule has 7 heteroatoms. The summed E-state index contributed by atoms with van der Waals surface area (Å²) < 4.78 is 0. The Morgan fingerprint density at radius 3 is 2.74 bits per heavy atom. The second-order valence-corrected chi connectivity index (χ2v) is 7.39. The number of nitriles is 1. The van der Waals surface area contributed by atoms with Crippen molar-refractivity contribution in [2.45, 2.75) is 25.8 Å². The van der Waals surface area contributed by atoms with Crippen LogP contribution in [-0.4, -0.2) is 32.7 Å². The predicted molar refractivity (Wildman–Crippen MR) is 121 cm³/mol. The van der Waals surface area contributed by atoms with Crippen molar-refractivity contribution in [3.05, 3.63) is 81.8 Å². The van der Waals surface area contributed by atoms with Crippen LogP contribution in [0.15, 0.2) is 59.5 Å². The molecule has 4 rings (SSSR count). The fraction of sp³-hybridized carbons (Fsp3) is 0.208. The summed E-state index contributed by atoms with van der Waals surface area (Å²) in [6.07, 6.45) is 2.89. The summed E-state index contributed by atoms with van der Waals surface area (Å²) in [5.41, 5.74) is 4.68. The summed E-state index contributed by atoms with van der Waals surface area (Å²) in [4.78, 5) is 23.3. The first-order valence-corrected chi connectivity index (χ1v) is 10.2. The molecule has 0 aliphatic carbocycles. The molecule has 0 aliphatic heterocycles. The molecule has 1 unspecified atom stereocenters. The van der Waals surface area contributed by atoms with Gasteiger partial charge in [0.1, 0.15) is 11.4 Å².